The van der Waals surface area contributed by atoms with Gasteiger partial charge in [0.05, 0.1) is 31.4 Å². The Balaban J connectivity index is 1.69. The van der Waals surface area contributed by atoms with Crippen LogP contribution in [0.5, 0.6) is 5.75 Å². The molecule has 2 fully saturated rings. The van der Waals surface area contributed by atoms with Crippen LogP contribution in [-0.4, -0.2) is 49.6 Å². The molecule has 0 bridgehead atoms. The topological polar surface area (TPSA) is 38.8 Å². The summed E-state index contributed by atoms with van der Waals surface area (Å²) in [7, 11) is 1.57. The average molecular weight is 310 g/mol. The summed E-state index contributed by atoms with van der Waals surface area (Å²) in [6, 6.07) is 5.61. The van der Waals surface area contributed by atoms with Crippen molar-refractivity contribution in [3.63, 3.8) is 0 Å². The number of rotatable bonds is 4. The van der Waals surface area contributed by atoms with Crippen molar-refractivity contribution < 1.29 is 14.3 Å². The van der Waals surface area contributed by atoms with E-state index in [1.807, 2.05) is 0 Å². The monoisotopic (exact) mass is 309 g/mol. The van der Waals surface area contributed by atoms with Gasteiger partial charge in [0.25, 0.3) is 0 Å². The van der Waals surface area contributed by atoms with Crippen LogP contribution >= 0.6 is 11.6 Å². The van der Waals surface area contributed by atoms with Crippen LogP contribution < -0.4 is 4.74 Å². The number of carbonyl (C=O) groups excluding carboxylic acids is 1. The first-order chi connectivity index (χ1) is 10.2. The summed E-state index contributed by atoms with van der Waals surface area (Å²) < 4.78 is 10.9. The molecule has 0 spiro atoms. The number of methoxy groups -OCH3 is 1. The van der Waals surface area contributed by atoms with Crippen LogP contribution in [0.25, 0.3) is 0 Å². The zero-order valence-electron chi connectivity index (χ0n) is 12.2. The quantitative estimate of drug-likeness (QED) is 0.802. The smallest absolute Gasteiger partial charge is 0.176 e. The standard InChI is InChI=1S/C16H20ClNO3/c1-20-15-6-5-11(9-12(15)17)14(19)10-18-7-8-21-16-4-2-3-13(16)18/h5-6,9,13,16H,2-4,7-8,10H2,1H3. The van der Waals surface area contributed by atoms with Crippen LogP contribution in [0.4, 0.5) is 0 Å². The third-order valence-electron chi connectivity index (χ3n) is 4.42. The van der Waals surface area contributed by atoms with Gasteiger partial charge in [-0.15, -0.1) is 0 Å². The normalized spacial score (nSPS) is 25.6. The van der Waals surface area contributed by atoms with Crippen LogP contribution in [0.15, 0.2) is 18.2 Å². The van der Waals surface area contributed by atoms with E-state index in [4.69, 9.17) is 21.1 Å². The van der Waals surface area contributed by atoms with Crippen molar-refractivity contribution in [2.75, 3.05) is 26.8 Å². The van der Waals surface area contributed by atoms with Gasteiger partial charge in [0.2, 0.25) is 0 Å². The highest BCUT2D eigenvalue weighted by Gasteiger charge is 2.36. The molecular formula is C16H20ClNO3. The molecule has 2 atom stereocenters. The number of nitrogens with zero attached hydrogens (tertiary/aromatic N) is 1. The lowest BCUT2D eigenvalue weighted by atomic mass is 10.1. The minimum atomic E-state index is 0.104. The lowest BCUT2D eigenvalue weighted by Crippen LogP contribution is -2.50. The molecular weight excluding hydrogens is 290 g/mol. The van der Waals surface area contributed by atoms with Gasteiger partial charge in [0.15, 0.2) is 5.78 Å². The van der Waals surface area contributed by atoms with Gasteiger partial charge in [0, 0.05) is 18.2 Å². The molecule has 1 aliphatic carbocycles. The Hall–Kier alpha value is -1.10. The summed E-state index contributed by atoms with van der Waals surface area (Å²) in [6.45, 7) is 1.99. The first kappa shape index (κ1) is 14.8. The van der Waals surface area contributed by atoms with Gasteiger partial charge in [-0.3, -0.25) is 9.69 Å². The lowest BCUT2D eigenvalue weighted by Gasteiger charge is -2.37. The van der Waals surface area contributed by atoms with Crippen LogP contribution in [0.1, 0.15) is 29.6 Å². The van der Waals surface area contributed by atoms with Gasteiger partial charge < -0.3 is 9.47 Å². The van der Waals surface area contributed by atoms with Crippen LogP contribution in [0, 0.1) is 0 Å². The van der Waals surface area contributed by atoms with E-state index in [1.54, 1.807) is 25.3 Å². The van der Waals surface area contributed by atoms with Crippen molar-refractivity contribution in [1.29, 1.82) is 0 Å². The molecule has 5 heteroatoms. The number of morpholine rings is 1. The van der Waals surface area contributed by atoms with Gasteiger partial charge in [-0.25, -0.2) is 0 Å². The van der Waals surface area contributed by atoms with Crippen molar-refractivity contribution in [2.24, 2.45) is 0 Å². The summed E-state index contributed by atoms with van der Waals surface area (Å²) in [6.07, 6.45) is 3.74. The van der Waals surface area contributed by atoms with Crippen molar-refractivity contribution in [1.82, 2.24) is 4.90 Å². The molecule has 1 heterocycles. The van der Waals surface area contributed by atoms with E-state index >= 15 is 0 Å². The molecule has 0 amide bonds. The number of benzene rings is 1. The molecule has 0 aromatic heterocycles. The SMILES string of the molecule is COc1ccc(C(=O)CN2CCOC3CCCC32)cc1Cl. The molecule has 3 rings (SSSR count). The third kappa shape index (κ3) is 3.07. The maximum Gasteiger partial charge on any atom is 0.176 e. The lowest BCUT2D eigenvalue weighted by molar-refractivity contribution is -0.0522. The fraction of sp³-hybridized carbons (Fsp3) is 0.562. The van der Waals surface area contributed by atoms with Gasteiger partial charge in [-0.05, 0) is 37.5 Å². The number of fused-ring (bicyclic) bond motifs is 1. The number of hydrogen-bond acceptors (Lipinski definition) is 4. The summed E-state index contributed by atoms with van der Waals surface area (Å²) >= 11 is 6.09. The molecule has 114 valence electrons. The van der Waals surface area contributed by atoms with Gasteiger partial charge in [0.1, 0.15) is 5.75 Å². The van der Waals surface area contributed by atoms with E-state index < -0.39 is 0 Å². The average Bonchev–Trinajstić information content (AvgIpc) is 2.96. The van der Waals surface area contributed by atoms with Crippen LogP contribution in [-0.2, 0) is 4.74 Å². The maximum absolute atomic E-state index is 12.5. The van der Waals surface area contributed by atoms with E-state index in [2.05, 4.69) is 4.90 Å². The molecule has 0 radical (unpaired) electrons. The van der Waals surface area contributed by atoms with Crippen molar-refractivity contribution in [3.8, 4) is 5.75 Å². The first-order valence-electron chi connectivity index (χ1n) is 7.41. The van der Waals surface area contributed by atoms with Crippen LogP contribution in [0.2, 0.25) is 5.02 Å². The molecule has 2 unspecified atom stereocenters. The summed E-state index contributed by atoms with van der Waals surface area (Å²) in [5.74, 6) is 0.697. The van der Waals surface area contributed by atoms with E-state index in [9.17, 15) is 4.79 Å². The zero-order valence-corrected chi connectivity index (χ0v) is 12.9. The van der Waals surface area contributed by atoms with Crippen molar-refractivity contribution in [3.05, 3.63) is 28.8 Å². The summed E-state index contributed by atoms with van der Waals surface area (Å²) in [5.41, 5.74) is 0.641. The van der Waals surface area contributed by atoms with E-state index in [0.717, 1.165) is 26.0 Å². The highest BCUT2D eigenvalue weighted by Crippen LogP contribution is 2.30. The van der Waals surface area contributed by atoms with E-state index in [1.165, 1.54) is 6.42 Å². The molecule has 1 saturated heterocycles. The van der Waals surface area contributed by atoms with Crippen LogP contribution in [0.3, 0.4) is 0 Å². The highest BCUT2D eigenvalue weighted by molar-refractivity contribution is 6.32. The Morgan fingerprint density at radius 1 is 1.48 bits per heavy atom. The maximum atomic E-state index is 12.5. The Kier molecular flexibility index (Phi) is 4.48. The molecule has 4 nitrogen and oxygen atoms in total. The van der Waals surface area contributed by atoms with Crippen molar-refractivity contribution in [2.45, 2.75) is 31.4 Å². The minimum Gasteiger partial charge on any atom is -0.495 e. The molecule has 2 aliphatic rings. The van der Waals surface area contributed by atoms with Gasteiger partial charge in [-0.1, -0.05) is 11.6 Å². The number of Topliss-reactive ketones (excluding diaryl/α,β-unsaturated/α-hetero) is 1. The van der Waals surface area contributed by atoms with Crippen molar-refractivity contribution >= 4 is 17.4 Å². The fourth-order valence-electron chi connectivity index (χ4n) is 3.32. The van der Waals surface area contributed by atoms with Gasteiger partial charge in [-0.2, -0.15) is 0 Å². The predicted molar refractivity (Wildman–Crippen MR) is 81.3 cm³/mol. The van der Waals surface area contributed by atoms with Gasteiger partial charge >= 0.3 is 0 Å². The molecule has 1 aromatic rings. The summed E-state index contributed by atoms with van der Waals surface area (Å²) in [5, 5.41) is 0.476. The Morgan fingerprint density at radius 2 is 2.33 bits per heavy atom. The number of ether oxygens (including phenoxy) is 2. The Labute approximate surface area is 130 Å². The highest BCUT2D eigenvalue weighted by atomic mass is 35.5. The summed E-state index contributed by atoms with van der Waals surface area (Å²) in [4.78, 5) is 14.7. The Morgan fingerprint density at radius 3 is 3.10 bits per heavy atom. The van der Waals surface area contributed by atoms with E-state index in [0.29, 0.717) is 35.0 Å². The van der Waals surface area contributed by atoms with E-state index in [-0.39, 0.29) is 5.78 Å². The number of carbonyl (C=O) groups is 1. The second kappa shape index (κ2) is 6.34. The molecule has 1 saturated carbocycles. The predicted octanol–water partition coefficient (Wildman–Crippen LogP) is 2.78. The first-order valence-corrected chi connectivity index (χ1v) is 7.79. The third-order valence-corrected chi connectivity index (χ3v) is 4.71. The Bertz CT molecular complexity index is 534. The zero-order chi connectivity index (χ0) is 14.8. The molecule has 1 aliphatic heterocycles. The number of halogens is 1. The number of ketones is 1. The molecule has 1 aromatic carbocycles. The fourth-order valence-corrected chi connectivity index (χ4v) is 3.58. The minimum absolute atomic E-state index is 0.104. The largest absolute Gasteiger partial charge is 0.495 e. The second-order valence-electron chi connectivity index (χ2n) is 5.65. The second-order valence-corrected chi connectivity index (χ2v) is 6.06. The molecule has 0 N–H and O–H groups in total. The molecule has 21 heavy (non-hydrogen) atoms. The number of hydrogen-bond donors (Lipinski definition) is 0.